The predicted octanol–water partition coefficient (Wildman–Crippen LogP) is 2.38. The second kappa shape index (κ2) is 9.56. The van der Waals surface area contributed by atoms with E-state index in [1.165, 1.54) is 13.3 Å². The van der Waals surface area contributed by atoms with Gasteiger partial charge in [0.05, 0.1) is 32.4 Å². The van der Waals surface area contributed by atoms with Gasteiger partial charge in [-0.15, -0.1) is 0 Å². The Bertz CT molecular complexity index is 962. The van der Waals surface area contributed by atoms with E-state index in [9.17, 15) is 13.2 Å². The molecular formula is C18H20BrN3O5S. The number of halogens is 1. The summed E-state index contributed by atoms with van der Waals surface area (Å²) in [6, 6.07) is 11.7. The van der Waals surface area contributed by atoms with Crippen molar-refractivity contribution in [2.75, 3.05) is 31.3 Å². The van der Waals surface area contributed by atoms with Crippen LogP contribution in [0, 0.1) is 0 Å². The second-order valence-corrected chi connectivity index (χ2v) is 8.47. The maximum Gasteiger partial charge on any atom is 0.260 e. The first-order valence-electron chi connectivity index (χ1n) is 8.02. The molecule has 2 aromatic rings. The number of carbonyl (C=O) groups is 1. The van der Waals surface area contributed by atoms with Crippen LogP contribution in [0.15, 0.2) is 52.0 Å². The van der Waals surface area contributed by atoms with Gasteiger partial charge in [0.25, 0.3) is 5.91 Å². The summed E-state index contributed by atoms with van der Waals surface area (Å²) >= 11 is 3.29. The molecule has 0 heterocycles. The van der Waals surface area contributed by atoms with Crippen LogP contribution in [0.25, 0.3) is 0 Å². The van der Waals surface area contributed by atoms with Gasteiger partial charge >= 0.3 is 0 Å². The van der Waals surface area contributed by atoms with E-state index in [0.717, 1.165) is 15.0 Å². The van der Waals surface area contributed by atoms with Gasteiger partial charge in [0.1, 0.15) is 18.0 Å². The van der Waals surface area contributed by atoms with Crippen LogP contribution in [-0.4, -0.2) is 47.6 Å². The second-order valence-electron chi connectivity index (χ2n) is 5.65. The number of methoxy groups -OCH3 is 2. The third-order valence-electron chi connectivity index (χ3n) is 3.64. The van der Waals surface area contributed by atoms with Gasteiger partial charge in [0, 0.05) is 16.1 Å². The standard InChI is InChI=1S/C18H20BrN3O5S/c1-26-16-9-4-13(17(10-16)27-2)11-20-21-18(23)12-22(28(3,24)25)15-7-5-14(19)6-8-15/h4-11H,12H2,1-3H3,(H,21,23)/b20-11-. The third-order valence-corrected chi connectivity index (χ3v) is 5.30. The molecule has 0 atom stereocenters. The zero-order valence-electron chi connectivity index (χ0n) is 15.5. The molecule has 0 radical (unpaired) electrons. The van der Waals surface area contributed by atoms with E-state index < -0.39 is 22.5 Å². The lowest BCUT2D eigenvalue weighted by atomic mass is 10.2. The molecule has 2 rings (SSSR count). The highest BCUT2D eigenvalue weighted by Crippen LogP contribution is 2.23. The molecule has 0 saturated heterocycles. The highest BCUT2D eigenvalue weighted by Gasteiger charge is 2.20. The van der Waals surface area contributed by atoms with Crippen molar-refractivity contribution < 1.29 is 22.7 Å². The number of sulfonamides is 1. The molecule has 0 aliphatic rings. The van der Waals surface area contributed by atoms with E-state index in [1.807, 2.05) is 0 Å². The smallest absolute Gasteiger partial charge is 0.260 e. The Kier molecular flexibility index (Phi) is 7.41. The number of hydrogen-bond acceptors (Lipinski definition) is 6. The average molecular weight is 470 g/mol. The van der Waals surface area contributed by atoms with Crippen molar-refractivity contribution in [3.8, 4) is 11.5 Å². The fraction of sp³-hybridized carbons (Fsp3) is 0.222. The number of amides is 1. The van der Waals surface area contributed by atoms with Crippen molar-refractivity contribution in [2.24, 2.45) is 5.10 Å². The minimum absolute atomic E-state index is 0.377. The van der Waals surface area contributed by atoms with Crippen LogP contribution in [0.2, 0.25) is 0 Å². The number of ether oxygens (including phenoxy) is 2. The number of nitrogens with zero attached hydrogens (tertiary/aromatic N) is 2. The van der Waals surface area contributed by atoms with E-state index >= 15 is 0 Å². The van der Waals surface area contributed by atoms with E-state index in [2.05, 4.69) is 26.5 Å². The first kappa shape index (κ1) is 21.7. The molecule has 1 amide bonds. The van der Waals surface area contributed by atoms with E-state index in [1.54, 1.807) is 49.6 Å². The average Bonchev–Trinajstić information content (AvgIpc) is 2.66. The maximum absolute atomic E-state index is 12.2. The highest BCUT2D eigenvalue weighted by atomic mass is 79.9. The van der Waals surface area contributed by atoms with Crippen molar-refractivity contribution in [2.45, 2.75) is 0 Å². The molecule has 0 aliphatic carbocycles. The molecule has 0 spiro atoms. The van der Waals surface area contributed by atoms with Gasteiger partial charge in [0.2, 0.25) is 10.0 Å². The summed E-state index contributed by atoms with van der Waals surface area (Å²) in [5.74, 6) is 0.554. The summed E-state index contributed by atoms with van der Waals surface area (Å²) in [6.07, 6.45) is 2.44. The van der Waals surface area contributed by atoms with Crippen molar-refractivity contribution >= 4 is 43.8 Å². The largest absolute Gasteiger partial charge is 0.497 e. The van der Waals surface area contributed by atoms with Gasteiger partial charge in [-0.3, -0.25) is 9.10 Å². The fourth-order valence-electron chi connectivity index (χ4n) is 2.27. The van der Waals surface area contributed by atoms with E-state index in [-0.39, 0.29) is 0 Å². The van der Waals surface area contributed by atoms with Gasteiger partial charge < -0.3 is 9.47 Å². The summed E-state index contributed by atoms with van der Waals surface area (Å²) in [5.41, 5.74) is 3.32. The molecule has 1 N–H and O–H groups in total. The van der Waals surface area contributed by atoms with Gasteiger partial charge in [-0.05, 0) is 36.4 Å². The number of hydrazone groups is 1. The molecule has 0 saturated carbocycles. The number of rotatable bonds is 8. The third kappa shape index (κ3) is 5.96. The lowest BCUT2D eigenvalue weighted by Crippen LogP contribution is -2.39. The summed E-state index contributed by atoms with van der Waals surface area (Å²) in [7, 11) is -0.600. The number of hydrogen-bond donors (Lipinski definition) is 1. The van der Waals surface area contributed by atoms with Crippen LogP contribution in [0.4, 0.5) is 5.69 Å². The molecule has 0 fully saturated rings. The monoisotopic (exact) mass is 469 g/mol. The quantitative estimate of drug-likeness (QED) is 0.472. The van der Waals surface area contributed by atoms with Crippen molar-refractivity contribution in [1.82, 2.24) is 5.43 Å². The fourth-order valence-corrected chi connectivity index (χ4v) is 3.39. The van der Waals surface area contributed by atoms with Crippen LogP contribution in [0.1, 0.15) is 5.56 Å². The van der Waals surface area contributed by atoms with Gasteiger partial charge in [-0.2, -0.15) is 5.10 Å². The number of carbonyl (C=O) groups excluding carboxylic acids is 1. The van der Waals surface area contributed by atoms with Crippen LogP contribution >= 0.6 is 15.9 Å². The summed E-state index contributed by atoms with van der Waals surface area (Å²) in [5, 5.41) is 3.87. The summed E-state index contributed by atoms with van der Waals surface area (Å²) in [6.45, 7) is -0.405. The van der Waals surface area contributed by atoms with Gasteiger partial charge in [-0.1, -0.05) is 15.9 Å². The van der Waals surface area contributed by atoms with Gasteiger partial charge in [0.15, 0.2) is 0 Å². The number of nitrogens with one attached hydrogen (secondary N) is 1. The van der Waals surface area contributed by atoms with Crippen molar-refractivity contribution in [3.05, 3.63) is 52.5 Å². The molecule has 10 heteroatoms. The number of benzene rings is 2. The maximum atomic E-state index is 12.2. The zero-order valence-corrected chi connectivity index (χ0v) is 18.0. The predicted molar refractivity (Wildman–Crippen MR) is 112 cm³/mol. The minimum Gasteiger partial charge on any atom is -0.497 e. The lowest BCUT2D eigenvalue weighted by molar-refractivity contribution is -0.119. The minimum atomic E-state index is -3.65. The molecule has 150 valence electrons. The van der Waals surface area contributed by atoms with Crippen molar-refractivity contribution in [3.63, 3.8) is 0 Å². The first-order valence-corrected chi connectivity index (χ1v) is 10.7. The van der Waals surface area contributed by atoms with Crippen LogP contribution < -0.4 is 19.2 Å². The Balaban J connectivity index is 2.09. The Morgan fingerprint density at radius 1 is 1.18 bits per heavy atom. The molecule has 0 aliphatic heterocycles. The lowest BCUT2D eigenvalue weighted by Gasteiger charge is -2.21. The molecule has 0 bridgehead atoms. The molecule has 0 unspecified atom stereocenters. The van der Waals surface area contributed by atoms with E-state index in [4.69, 9.17) is 9.47 Å². The highest BCUT2D eigenvalue weighted by molar-refractivity contribution is 9.10. The molecule has 28 heavy (non-hydrogen) atoms. The Morgan fingerprint density at radius 3 is 2.43 bits per heavy atom. The number of anilines is 1. The van der Waals surface area contributed by atoms with Crippen LogP contribution in [0.3, 0.4) is 0 Å². The first-order chi connectivity index (χ1) is 13.2. The van der Waals surface area contributed by atoms with Gasteiger partial charge in [-0.25, -0.2) is 13.8 Å². The summed E-state index contributed by atoms with van der Waals surface area (Å²) < 4.78 is 36.3. The Hall–Kier alpha value is -2.59. The van der Waals surface area contributed by atoms with Crippen LogP contribution in [-0.2, 0) is 14.8 Å². The zero-order chi connectivity index (χ0) is 20.7. The normalized spacial score (nSPS) is 11.3. The van der Waals surface area contributed by atoms with Crippen LogP contribution in [0.5, 0.6) is 11.5 Å². The SMILES string of the molecule is COc1ccc(/C=N\NC(=O)CN(c2ccc(Br)cc2)S(C)(=O)=O)c(OC)c1. The molecule has 8 nitrogen and oxygen atoms in total. The summed E-state index contributed by atoms with van der Waals surface area (Å²) in [4.78, 5) is 12.2. The Labute approximate surface area is 172 Å². The molecular weight excluding hydrogens is 450 g/mol. The topological polar surface area (TPSA) is 97.3 Å². The molecule has 2 aromatic carbocycles. The van der Waals surface area contributed by atoms with Crippen molar-refractivity contribution in [1.29, 1.82) is 0 Å². The Morgan fingerprint density at radius 2 is 1.86 bits per heavy atom. The van der Waals surface area contributed by atoms with E-state index in [0.29, 0.717) is 22.7 Å². The molecule has 0 aromatic heterocycles.